The van der Waals surface area contributed by atoms with E-state index < -0.39 is 47.4 Å². The van der Waals surface area contributed by atoms with Crippen LogP contribution in [0, 0.1) is 12.7 Å². The standard InChI is InChI=1S/C38H39F4N7O5S/c1-3-54-27-11-9-26(10-12-27)49-35(44-31-7-5-4-6-28(31)37(49)52)32(14-15-43-36(51)34-24(2)45-46-55-34)48(17-16-47-18-20-53-21-19-47)33(50)23-25-8-13-29(30(39)22-25)38(40,41)42/h4-13,22,32H,3,14-21,23H2,1-2H3,(H,43,51). The Morgan fingerprint density at radius 2 is 1.82 bits per heavy atom. The van der Waals surface area contributed by atoms with Crippen LogP contribution in [0.15, 0.2) is 71.5 Å². The molecule has 1 saturated heterocycles. The first-order valence-electron chi connectivity index (χ1n) is 17.7. The van der Waals surface area contributed by atoms with Crippen LogP contribution in [0.1, 0.15) is 51.7 Å². The second-order valence-corrected chi connectivity index (χ2v) is 13.6. The Balaban J connectivity index is 1.46. The number of benzene rings is 3. The molecule has 12 nitrogen and oxygen atoms in total. The highest BCUT2D eigenvalue weighted by Crippen LogP contribution is 2.32. The molecule has 1 unspecified atom stereocenters. The number of carbonyl (C=O) groups excluding carboxylic acids is 2. The zero-order chi connectivity index (χ0) is 39.1. The molecule has 5 aromatic rings. The summed E-state index contributed by atoms with van der Waals surface area (Å²) in [6, 6.07) is 15.1. The maximum Gasteiger partial charge on any atom is 0.419 e. The lowest BCUT2D eigenvalue weighted by molar-refractivity contribution is -0.140. The zero-order valence-electron chi connectivity index (χ0n) is 30.1. The van der Waals surface area contributed by atoms with Crippen molar-refractivity contribution in [3.8, 4) is 11.4 Å². The van der Waals surface area contributed by atoms with Gasteiger partial charge < -0.3 is 19.7 Å². The van der Waals surface area contributed by atoms with Gasteiger partial charge in [-0.25, -0.2) is 9.37 Å². The summed E-state index contributed by atoms with van der Waals surface area (Å²) < 4.78 is 71.4. The number of para-hydroxylation sites is 1. The van der Waals surface area contributed by atoms with Crippen molar-refractivity contribution >= 4 is 34.2 Å². The predicted molar refractivity (Wildman–Crippen MR) is 197 cm³/mol. The van der Waals surface area contributed by atoms with Crippen molar-refractivity contribution in [3.05, 3.63) is 110 Å². The van der Waals surface area contributed by atoms with Crippen LogP contribution in [0.4, 0.5) is 17.6 Å². The fourth-order valence-corrected chi connectivity index (χ4v) is 7.02. The van der Waals surface area contributed by atoms with Crippen molar-refractivity contribution in [2.24, 2.45) is 0 Å². The number of nitrogens with one attached hydrogen (secondary N) is 1. The first-order valence-corrected chi connectivity index (χ1v) is 18.5. The smallest absolute Gasteiger partial charge is 0.419 e. The number of hydrogen-bond acceptors (Lipinski definition) is 10. The quantitative estimate of drug-likeness (QED) is 0.148. The molecular weight excluding hydrogens is 743 g/mol. The lowest BCUT2D eigenvalue weighted by Crippen LogP contribution is -2.46. The number of carbonyl (C=O) groups is 2. The molecule has 0 spiro atoms. The molecule has 6 rings (SSSR count). The van der Waals surface area contributed by atoms with Crippen LogP contribution >= 0.6 is 11.5 Å². The summed E-state index contributed by atoms with van der Waals surface area (Å²) >= 11 is 0.938. The molecule has 0 radical (unpaired) electrons. The molecule has 290 valence electrons. The average molecular weight is 782 g/mol. The van der Waals surface area contributed by atoms with Crippen molar-refractivity contribution in [3.63, 3.8) is 0 Å². The molecule has 0 saturated carbocycles. The Hall–Kier alpha value is -5.26. The molecule has 1 aliphatic rings. The molecule has 17 heteroatoms. The minimum absolute atomic E-state index is 0.0169. The van der Waals surface area contributed by atoms with Gasteiger partial charge in [-0.1, -0.05) is 22.7 Å². The third kappa shape index (κ3) is 9.35. The number of fused-ring (bicyclic) bond motifs is 1. The Morgan fingerprint density at radius 1 is 1.07 bits per heavy atom. The van der Waals surface area contributed by atoms with Crippen molar-refractivity contribution in [1.29, 1.82) is 0 Å². The van der Waals surface area contributed by atoms with Gasteiger partial charge in [-0.2, -0.15) is 13.2 Å². The van der Waals surface area contributed by atoms with Crippen LogP contribution in [0.2, 0.25) is 0 Å². The number of aryl methyl sites for hydroxylation is 1. The normalized spacial score (nSPS) is 14.1. The third-order valence-corrected chi connectivity index (χ3v) is 10.0. The summed E-state index contributed by atoms with van der Waals surface area (Å²) in [6.45, 7) is 6.61. The van der Waals surface area contributed by atoms with E-state index in [1.54, 1.807) is 55.5 Å². The van der Waals surface area contributed by atoms with E-state index in [2.05, 4.69) is 19.8 Å². The van der Waals surface area contributed by atoms with Gasteiger partial charge in [0.05, 0.1) is 60.1 Å². The van der Waals surface area contributed by atoms with E-state index in [1.807, 2.05) is 6.92 Å². The minimum atomic E-state index is -4.91. The second-order valence-electron chi connectivity index (χ2n) is 12.8. The third-order valence-electron chi connectivity index (χ3n) is 9.22. The van der Waals surface area contributed by atoms with E-state index >= 15 is 0 Å². The topological polar surface area (TPSA) is 132 Å². The molecule has 3 heterocycles. The molecule has 0 bridgehead atoms. The van der Waals surface area contributed by atoms with Crippen molar-refractivity contribution < 1.29 is 36.6 Å². The number of hydrogen-bond donors (Lipinski definition) is 1. The molecular formula is C38H39F4N7O5S. The van der Waals surface area contributed by atoms with Gasteiger partial charge in [0.2, 0.25) is 5.91 Å². The highest BCUT2D eigenvalue weighted by atomic mass is 32.1. The number of nitrogens with zero attached hydrogens (tertiary/aromatic N) is 6. The Morgan fingerprint density at radius 3 is 2.49 bits per heavy atom. The van der Waals surface area contributed by atoms with E-state index in [0.717, 1.165) is 17.6 Å². The van der Waals surface area contributed by atoms with Crippen molar-refractivity contribution in [2.45, 2.75) is 38.9 Å². The molecule has 2 amide bonds. The molecule has 1 N–H and O–H groups in total. The largest absolute Gasteiger partial charge is 0.494 e. The van der Waals surface area contributed by atoms with Crippen LogP contribution in [-0.4, -0.2) is 93.3 Å². The number of rotatable bonds is 14. The molecule has 1 aliphatic heterocycles. The predicted octanol–water partition coefficient (Wildman–Crippen LogP) is 5.37. The number of ether oxygens (including phenoxy) is 2. The lowest BCUT2D eigenvalue weighted by atomic mass is 10.0. The molecule has 3 aromatic carbocycles. The first kappa shape index (κ1) is 39.4. The molecule has 2 aromatic heterocycles. The van der Waals surface area contributed by atoms with E-state index in [1.165, 1.54) is 9.47 Å². The van der Waals surface area contributed by atoms with Crippen molar-refractivity contribution in [2.75, 3.05) is 52.5 Å². The maximum atomic E-state index is 14.7. The van der Waals surface area contributed by atoms with Gasteiger partial charge in [0.15, 0.2) is 0 Å². The van der Waals surface area contributed by atoms with Gasteiger partial charge in [-0.15, -0.1) is 5.10 Å². The zero-order valence-corrected chi connectivity index (χ0v) is 31.0. The van der Waals surface area contributed by atoms with E-state index in [4.69, 9.17) is 14.5 Å². The van der Waals surface area contributed by atoms with E-state index in [9.17, 15) is 31.9 Å². The Labute approximate surface area is 317 Å². The van der Waals surface area contributed by atoms with Gasteiger partial charge in [0.1, 0.15) is 22.3 Å². The second kappa shape index (κ2) is 17.5. The van der Waals surface area contributed by atoms with Crippen LogP contribution in [-0.2, 0) is 22.1 Å². The van der Waals surface area contributed by atoms with Gasteiger partial charge in [0, 0.05) is 32.7 Å². The Bertz CT molecular complexity index is 2190. The monoisotopic (exact) mass is 781 g/mol. The molecule has 0 aliphatic carbocycles. The number of amides is 2. The summed E-state index contributed by atoms with van der Waals surface area (Å²) in [7, 11) is 0. The lowest BCUT2D eigenvalue weighted by Gasteiger charge is -2.35. The summed E-state index contributed by atoms with van der Waals surface area (Å²) in [5.74, 6) is -1.70. The highest BCUT2D eigenvalue weighted by Gasteiger charge is 2.35. The summed E-state index contributed by atoms with van der Waals surface area (Å²) in [4.78, 5) is 51.1. The minimum Gasteiger partial charge on any atom is -0.494 e. The SMILES string of the molecule is CCOc1ccc(-n2c(C(CCNC(=O)c3snnc3C)N(CCN3CCOCC3)C(=O)Cc3ccc(C(F)(F)F)c(F)c3)nc3ccccc3c2=O)cc1. The van der Waals surface area contributed by atoms with Crippen LogP contribution < -0.4 is 15.6 Å². The number of aromatic nitrogens is 4. The van der Waals surface area contributed by atoms with Crippen molar-refractivity contribution in [1.82, 2.24) is 34.3 Å². The van der Waals surface area contributed by atoms with Crippen LogP contribution in [0.3, 0.4) is 0 Å². The maximum absolute atomic E-state index is 14.7. The average Bonchev–Trinajstić information content (AvgIpc) is 3.60. The van der Waals surface area contributed by atoms with Gasteiger partial charge in [-0.3, -0.25) is 23.9 Å². The van der Waals surface area contributed by atoms with Crippen LogP contribution in [0.25, 0.3) is 16.6 Å². The first-order chi connectivity index (χ1) is 26.4. The molecule has 1 atom stereocenters. The fourth-order valence-electron chi connectivity index (χ4n) is 6.45. The number of halogens is 4. The fraction of sp³-hybridized carbons (Fsp3) is 0.368. The summed E-state index contributed by atoms with van der Waals surface area (Å²) in [5.41, 5.74) is -0.556. The van der Waals surface area contributed by atoms with Gasteiger partial charge >= 0.3 is 6.18 Å². The molecule has 55 heavy (non-hydrogen) atoms. The van der Waals surface area contributed by atoms with E-state index in [-0.39, 0.29) is 30.9 Å². The van der Waals surface area contributed by atoms with Gasteiger partial charge in [0.25, 0.3) is 11.5 Å². The highest BCUT2D eigenvalue weighted by molar-refractivity contribution is 7.08. The Kier molecular flexibility index (Phi) is 12.5. The number of morpholine rings is 1. The summed E-state index contributed by atoms with van der Waals surface area (Å²) in [6.07, 6.45) is -5.30. The van der Waals surface area contributed by atoms with Crippen LogP contribution in [0.5, 0.6) is 5.75 Å². The van der Waals surface area contributed by atoms with Gasteiger partial charge in [-0.05, 0) is 85.9 Å². The van der Waals surface area contributed by atoms with E-state index in [0.29, 0.717) is 84.5 Å². The number of alkyl halides is 3. The molecule has 1 fully saturated rings. The summed E-state index contributed by atoms with van der Waals surface area (Å²) in [5, 5.41) is 7.11.